The van der Waals surface area contributed by atoms with Crippen molar-refractivity contribution in [1.29, 1.82) is 0 Å². The number of carboxylic acid groups (broad SMARTS) is 1. The third kappa shape index (κ3) is 3.04. The Bertz CT molecular complexity index is 672. The van der Waals surface area contributed by atoms with Gasteiger partial charge in [0.2, 0.25) is 0 Å². The zero-order valence-corrected chi connectivity index (χ0v) is 12.0. The van der Waals surface area contributed by atoms with E-state index in [0.717, 1.165) is 22.2 Å². The second kappa shape index (κ2) is 5.79. The van der Waals surface area contributed by atoms with Crippen LogP contribution in [0.3, 0.4) is 0 Å². The summed E-state index contributed by atoms with van der Waals surface area (Å²) in [5.41, 5.74) is 3.06. The first-order chi connectivity index (χ1) is 10.1. The van der Waals surface area contributed by atoms with Gasteiger partial charge in [-0.2, -0.15) is 0 Å². The summed E-state index contributed by atoms with van der Waals surface area (Å²) < 4.78 is 5.26. The molecule has 1 unspecified atom stereocenters. The molecule has 3 rings (SSSR count). The fraction of sp³-hybridized carbons (Fsp3) is 0.375. The molecule has 0 spiro atoms. The maximum Gasteiger partial charge on any atom is 0.323 e. The number of rotatable bonds is 3. The minimum Gasteiger partial charge on any atom is -0.480 e. The molecule has 1 aromatic carbocycles. The number of hydrogen-bond acceptors (Lipinski definition) is 4. The van der Waals surface area contributed by atoms with Crippen LogP contribution < -0.4 is 0 Å². The number of aryl methyl sites for hydroxylation is 1. The van der Waals surface area contributed by atoms with Gasteiger partial charge >= 0.3 is 5.97 Å². The van der Waals surface area contributed by atoms with Crippen LogP contribution in [-0.2, 0) is 16.1 Å². The molecule has 0 radical (unpaired) electrons. The van der Waals surface area contributed by atoms with Gasteiger partial charge < -0.3 is 9.84 Å². The van der Waals surface area contributed by atoms with Gasteiger partial charge in [-0.1, -0.05) is 12.1 Å². The number of aliphatic carboxylic acids is 1. The monoisotopic (exact) mass is 286 g/mol. The van der Waals surface area contributed by atoms with Gasteiger partial charge in [0.1, 0.15) is 6.04 Å². The quantitative estimate of drug-likeness (QED) is 0.932. The molecular formula is C16H18N2O3. The van der Waals surface area contributed by atoms with E-state index >= 15 is 0 Å². The van der Waals surface area contributed by atoms with Gasteiger partial charge in [0, 0.05) is 24.2 Å². The summed E-state index contributed by atoms with van der Waals surface area (Å²) in [4.78, 5) is 17.7. The molecule has 1 aliphatic heterocycles. The number of morpholine rings is 1. The van der Waals surface area contributed by atoms with E-state index in [4.69, 9.17) is 4.74 Å². The highest BCUT2D eigenvalue weighted by Gasteiger charge is 2.28. The first kappa shape index (κ1) is 14.0. The van der Waals surface area contributed by atoms with Crippen LogP contribution in [0.1, 0.15) is 11.3 Å². The molecule has 1 aliphatic rings. The van der Waals surface area contributed by atoms with Crippen LogP contribution in [0.25, 0.3) is 10.9 Å². The Kier molecular flexibility index (Phi) is 3.86. The van der Waals surface area contributed by atoms with Crippen molar-refractivity contribution >= 4 is 16.9 Å². The van der Waals surface area contributed by atoms with Crippen LogP contribution in [0.15, 0.2) is 30.3 Å². The Hall–Kier alpha value is -1.98. The van der Waals surface area contributed by atoms with E-state index in [1.54, 1.807) is 0 Å². The lowest BCUT2D eigenvalue weighted by molar-refractivity contribution is -0.150. The SMILES string of the molecule is Cc1ccc2cc(CN3CCOCC3C(=O)O)ccc2n1. The van der Waals surface area contributed by atoms with Crippen LogP contribution >= 0.6 is 0 Å². The molecule has 0 bridgehead atoms. The zero-order chi connectivity index (χ0) is 14.8. The largest absolute Gasteiger partial charge is 0.480 e. The van der Waals surface area contributed by atoms with Crippen LogP contribution in [0.2, 0.25) is 0 Å². The van der Waals surface area contributed by atoms with Crippen molar-refractivity contribution in [2.75, 3.05) is 19.8 Å². The molecule has 1 aromatic heterocycles. The molecule has 0 amide bonds. The molecule has 0 aliphatic carbocycles. The second-order valence-corrected chi connectivity index (χ2v) is 5.38. The summed E-state index contributed by atoms with van der Waals surface area (Å²) >= 11 is 0. The highest BCUT2D eigenvalue weighted by atomic mass is 16.5. The Morgan fingerprint density at radius 3 is 3.10 bits per heavy atom. The maximum atomic E-state index is 11.3. The first-order valence-corrected chi connectivity index (χ1v) is 7.04. The van der Waals surface area contributed by atoms with E-state index in [0.29, 0.717) is 19.7 Å². The van der Waals surface area contributed by atoms with Crippen molar-refractivity contribution in [3.63, 3.8) is 0 Å². The topological polar surface area (TPSA) is 62.7 Å². The number of nitrogens with zero attached hydrogens (tertiary/aromatic N) is 2. The number of carbonyl (C=O) groups is 1. The fourth-order valence-corrected chi connectivity index (χ4v) is 2.66. The molecule has 1 saturated heterocycles. The van der Waals surface area contributed by atoms with Crippen LogP contribution in [0.4, 0.5) is 0 Å². The third-order valence-electron chi connectivity index (χ3n) is 3.80. The van der Waals surface area contributed by atoms with Gasteiger partial charge in [-0.15, -0.1) is 0 Å². The maximum absolute atomic E-state index is 11.3. The van der Waals surface area contributed by atoms with Crippen molar-refractivity contribution < 1.29 is 14.6 Å². The van der Waals surface area contributed by atoms with E-state index in [1.165, 1.54) is 0 Å². The molecule has 1 fully saturated rings. The van der Waals surface area contributed by atoms with Gasteiger partial charge in [-0.25, -0.2) is 0 Å². The number of benzene rings is 1. The van der Waals surface area contributed by atoms with Gasteiger partial charge in [0.25, 0.3) is 0 Å². The second-order valence-electron chi connectivity index (χ2n) is 5.38. The Labute approximate surface area is 123 Å². The number of fused-ring (bicyclic) bond motifs is 1. The normalized spacial score (nSPS) is 19.8. The fourth-order valence-electron chi connectivity index (χ4n) is 2.66. The molecule has 0 saturated carbocycles. The van der Waals surface area contributed by atoms with Crippen molar-refractivity contribution in [1.82, 2.24) is 9.88 Å². The number of aromatic nitrogens is 1. The van der Waals surface area contributed by atoms with Crippen LogP contribution in [0, 0.1) is 6.92 Å². The van der Waals surface area contributed by atoms with Crippen LogP contribution in [0.5, 0.6) is 0 Å². The lowest BCUT2D eigenvalue weighted by atomic mass is 10.1. The van der Waals surface area contributed by atoms with Crippen molar-refractivity contribution in [3.8, 4) is 0 Å². The Morgan fingerprint density at radius 1 is 1.43 bits per heavy atom. The van der Waals surface area contributed by atoms with E-state index in [9.17, 15) is 9.90 Å². The van der Waals surface area contributed by atoms with Crippen molar-refractivity contribution in [2.24, 2.45) is 0 Å². The van der Waals surface area contributed by atoms with Crippen molar-refractivity contribution in [2.45, 2.75) is 19.5 Å². The molecule has 110 valence electrons. The van der Waals surface area contributed by atoms with E-state index in [1.807, 2.05) is 30.0 Å². The molecule has 5 nitrogen and oxygen atoms in total. The van der Waals surface area contributed by atoms with Gasteiger partial charge in [-0.3, -0.25) is 14.7 Å². The third-order valence-corrected chi connectivity index (χ3v) is 3.80. The standard InChI is InChI=1S/C16H18N2O3/c1-11-2-4-13-8-12(3-5-14(13)17-11)9-18-6-7-21-10-15(18)16(19)20/h2-5,8,15H,6-7,9-10H2,1H3,(H,19,20). The molecule has 1 atom stereocenters. The van der Waals surface area contributed by atoms with E-state index in [2.05, 4.69) is 17.1 Å². The summed E-state index contributed by atoms with van der Waals surface area (Å²) in [6, 6.07) is 9.56. The summed E-state index contributed by atoms with van der Waals surface area (Å²) in [7, 11) is 0. The smallest absolute Gasteiger partial charge is 0.323 e. The molecule has 1 N–H and O–H groups in total. The lowest BCUT2D eigenvalue weighted by Gasteiger charge is -2.32. The minimum atomic E-state index is -0.826. The molecule has 2 aromatic rings. The predicted octanol–water partition coefficient (Wildman–Crippen LogP) is 1.83. The molecule has 2 heterocycles. The number of pyridine rings is 1. The van der Waals surface area contributed by atoms with Crippen molar-refractivity contribution in [3.05, 3.63) is 41.6 Å². The molecule has 21 heavy (non-hydrogen) atoms. The molecular weight excluding hydrogens is 268 g/mol. The average Bonchev–Trinajstić information content (AvgIpc) is 2.48. The van der Waals surface area contributed by atoms with E-state index in [-0.39, 0.29) is 6.61 Å². The lowest BCUT2D eigenvalue weighted by Crippen LogP contribution is -2.49. The summed E-state index contributed by atoms with van der Waals surface area (Å²) in [6.07, 6.45) is 0. The summed E-state index contributed by atoms with van der Waals surface area (Å²) in [5.74, 6) is -0.826. The highest BCUT2D eigenvalue weighted by Crippen LogP contribution is 2.18. The minimum absolute atomic E-state index is 0.254. The Balaban J connectivity index is 1.83. The van der Waals surface area contributed by atoms with Crippen LogP contribution in [-0.4, -0.2) is 46.8 Å². The zero-order valence-electron chi connectivity index (χ0n) is 12.0. The van der Waals surface area contributed by atoms with Gasteiger partial charge in [0.15, 0.2) is 0 Å². The first-order valence-electron chi connectivity index (χ1n) is 7.04. The van der Waals surface area contributed by atoms with Gasteiger partial charge in [-0.05, 0) is 30.7 Å². The summed E-state index contributed by atoms with van der Waals surface area (Å²) in [5, 5.41) is 10.3. The number of carboxylic acids is 1. The summed E-state index contributed by atoms with van der Waals surface area (Å²) in [6.45, 7) is 4.06. The predicted molar refractivity (Wildman–Crippen MR) is 79.1 cm³/mol. The number of ether oxygens (including phenoxy) is 1. The molecule has 5 heteroatoms. The Morgan fingerprint density at radius 2 is 2.29 bits per heavy atom. The highest BCUT2D eigenvalue weighted by molar-refractivity contribution is 5.79. The average molecular weight is 286 g/mol. The number of hydrogen-bond donors (Lipinski definition) is 1. The van der Waals surface area contributed by atoms with E-state index < -0.39 is 12.0 Å². The van der Waals surface area contributed by atoms with Gasteiger partial charge in [0.05, 0.1) is 18.7 Å².